The molecule has 1 aliphatic rings. The third kappa shape index (κ3) is 4.06. The Bertz CT molecular complexity index is 964. The lowest BCUT2D eigenvalue weighted by Crippen LogP contribution is -2.27. The predicted octanol–water partition coefficient (Wildman–Crippen LogP) is 4.05. The number of anilines is 2. The van der Waals surface area contributed by atoms with Crippen LogP contribution in [0.1, 0.15) is 12.2 Å². The van der Waals surface area contributed by atoms with E-state index in [4.69, 9.17) is 4.42 Å². The van der Waals surface area contributed by atoms with Gasteiger partial charge in [0, 0.05) is 42.9 Å². The fourth-order valence-electron chi connectivity index (χ4n) is 3.17. The van der Waals surface area contributed by atoms with Gasteiger partial charge in [-0.3, -0.25) is 9.69 Å². The molecule has 0 atom stereocenters. The minimum atomic E-state index is -0.0925. The Morgan fingerprint density at radius 1 is 1.04 bits per heavy atom. The third-order valence-corrected chi connectivity index (χ3v) is 4.64. The quantitative estimate of drug-likeness (QED) is 0.683. The summed E-state index contributed by atoms with van der Waals surface area (Å²) in [6.45, 7) is 1.30. The maximum absolute atomic E-state index is 12.2. The molecule has 0 spiro atoms. The standard InChI is InChI=1S/C22H21N3O3/c26-21(13-11-19-10-12-20(28-19)16-4-2-1-3-5-16)24-17-6-8-18(9-7-17)25-15-14-23-22(25)27/h1-10,12H,11,13-15H2,(H,23,27)(H,24,26). The fourth-order valence-corrected chi connectivity index (χ4v) is 3.17. The zero-order chi connectivity index (χ0) is 19.3. The lowest BCUT2D eigenvalue weighted by molar-refractivity contribution is -0.116. The number of carbonyl (C=O) groups is 2. The minimum absolute atomic E-state index is 0.0793. The molecule has 3 amide bonds. The molecule has 28 heavy (non-hydrogen) atoms. The van der Waals surface area contributed by atoms with Gasteiger partial charge in [0.25, 0.3) is 0 Å². The molecular formula is C22H21N3O3. The summed E-state index contributed by atoms with van der Waals surface area (Å²) >= 11 is 0. The van der Waals surface area contributed by atoms with Crippen LogP contribution in [0, 0.1) is 0 Å². The molecule has 3 aromatic rings. The van der Waals surface area contributed by atoms with Crippen LogP contribution in [0.5, 0.6) is 0 Å². The van der Waals surface area contributed by atoms with Gasteiger partial charge in [-0.15, -0.1) is 0 Å². The van der Waals surface area contributed by atoms with Crippen LogP contribution in [0.15, 0.2) is 71.1 Å². The molecule has 1 saturated heterocycles. The SMILES string of the molecule is O=C(CCc1ccc(-c2ccccc2)o1)Nc1ccc(N2CCNC2=O)cc1. The second kappa shape index (κ2) is 8.00. The van der Waals surface area contributed by atoms with E-state index in [-0.39, 0.29) is 11.9 Å². The number of benzene rings is 2. The average molecular weight is 375 g/mol. The zero-order valence-corrected chi connectivity index (χ0v) is 15.4. The van der Waals surface area contributed by atoms with Crippen molar-refractivity contribution in [1.82, 2.24) is 5.32 Å². The van der Waals surface area contributed by atoms with Gasteiger partial charge < -0.3 is 15.1 Å². The summed E-state index contributed by atoms with van der Waals surface area (Å²) in [4.78, 5) is 25.6. The Kier molecular flexibility index (Phi) is 5.10. The number of nitrogens with zero attached hydrogens (tertiary/aromatic N) is 1. The molecule has 142 valence electrons. The molecule has 2 heterocycles. The molecule has 6 heteroatoms. The Hall–Kier alpha value is -3.54. The van der Waals surface area contributed by atoms with E-state index in [2.05, 4.69) is 10.6 Å². The Morgan fingerprint density at radius 2 is 1.82 bits per heavy atom. The molecule has 6 nitrogen and oxygen atoms in total. The molecule has 0 aliphatic carbocycles. The molecular weight excluding hydrogens is 354 g/mol. The topological polar surface area (TPSA) is 74.6 Å². The average Bonchev–Trinajstić information content (AvgIpc) is 3.37. The number of hydrogen-bond donors (Lipinski definition) is 2. The van der Waals surface area contributed by atoms with Crippen LogP contribution in [0.25, 0.3) is 11.3 Å². The van der Waals surface area contributed by atoms with E-state index in [1.807, 2.05) is 54.6 Å². The van der Waals surface area contributed by atoms with Crippen molar-refractivity contribution in [2.75, 3.05) is 23.3 Å². The van der Waals surface area contributed by atoms with Crippen molar-refractivity contribution in [3.63, 3.8) is 0 Å². The molecule has 0 bridgehead atoms. The second-order valence-electron chi connectivity index (χ2n) is 6.61. The lowest BCUT2D eigenvalue weighted by Gasteiger charge is -2.14. The molecule has 1 aliphatic heterocycles. The second-order valence-corrected chi connectivity index (χ2v) is 6.61. The molecule has 1 aromatic heterocycles. The minimum Gasteiger partial charge on any atom is -0.461 e. The summed E-state index contributed by atoms with van der Waals surface area (Å²) in [5.41, 5.74) is 2.54. The van der Waals surface area contributed by atoms with Crippen LogP contribution in [-0.4, -0.2) is 25.0 Å². The summed E-state index contributed by atoms with van der Waals surface area (Å²) in [6, 6.07) is 20.9. The van der Waals surface area contributed by atoms with Crippen molar-refractivity contribution in [2.45, 2.75) is 12.8 Å². The molecule has 0 radical (unpaired) electrons. The highest BCUT2D eigenvalue weighted by Crippen LogP contribution is 2.23. The highest BCUT2D eigenvalue weighted by molar-refractivity contribution is 5.95. The van der Waals surface area contributed by atoms with E-state index < -0.39 is 0 Å². The maximum atomic E-state index is 12.2. The molecule has 0 unspecified atom stereocenters. The number of aryl methyl sites for hydroxylation is 1. The van der Waals surface area contributed by atoms with Crippen molar-refractivity contribution < 1.29 is 14.0 Å². The molecule has 2 N–H and O–H groups in total. The molecule has 4 rings (SSSR count). The van der Waals surface area contributed by atoms with Gasteiger partial charge in [-0.25, -0.2) is 4.79 Å². The van der Waals surface area contributed by atoms with Gasteiger partial charge in [-0.05, 0) is 36.4 Å². The van der Waals surface area contributed by atoms with E-state index in [1.54, 1.807) is 17.0 Å². The van der Waals surface area contributed by atoms with Gasteiger partial charge in [0.15, 0.2) is 0 Å². The normalized spacial score (nSPS) is 13.4. The van der Waals surface area contributed by atoms with Gasteiger partial charge in [-0.2, -0.15) is 0 Å². The van der Waals surface area contributed by atoms with E-state index in [0.29, 0.717) is 31.6 Å². The summed E-state index contributed by atoms with van der Waals surface area (Å²) in [5.74, 6) is 1.51. The summed E-state index contributed by atoms with van der Waals surface area (Å²) in [6.07, 6.45) is 0.864. The van der Waals surface area contributed by atoms with Crippen LogP contribution in [0.2, 0.25) is 0 Å². The first-order valence-electron chi connectivity index (χ1n) is 9.28. The highest BCUT2D eigenvalue weighted by atomic mass is 16.3. The highest BCUT2D eigenvalue weighted by Gasteiger charge is 2.20. The summed E-state index contributed by atoms with van der Waals surface area (Å²) in [7, 11) is 0. The third-order valence-electron chi connectivity index (χ3n) is 4.64. The fraction of sp³-hybridized carbons (Fsp3) is 0.182. The van der Waals surface area contributed by atoms with Gasteiger partial charge in [0.05, 0.1) is 0 Å². The number of nitrogens with one attached hydrogen (secondary N) is 2. The molecule has 0 saturated carbocycles. The number of rotatable bonds is 6. The first-order valence-corrected chi connectivity index (χ1v) is 9.28. The first kappa shape index (κ1) is 17.9. The van der Waals surface area contributed by atoms with Crippen molar-refractivity contribution in [3.05, 3.63) is 72.5 Å². The van der Waals surface area contributed by atoms with Crippen LogP contribution in [0.3, 0.4) is 0 Å². The lowest BCUT2D eigenvalue weighted by atomic mass is 10.2. The van der Waals surface area contributed by atoms with E-state index in [1.165, 1.54) is 0 Å². The van der Waals surface area contributed by atoms with Crippen molar-refractivity contribution in [1.29, 1.82) is 0 Å². The largest absolute Gasteiger partial charge is 0.461 e. The van der Waals surface area contributed by atoms with Crippen molar-refractivity contribution >= 4 is 23.3 Å². The summed E-state index contributed by atoms with van der Waals surface area (Å²) in [5, 5.41) is 5.65. The Balaban J connectivity index is 1.30. The van der Waals surface area contributed by atoms with E-state index in [0.717, 1.165) is 22.8 Å². The van der Waals surface area contributed by atoms with Gasteiger partial charge in [-0.1, -0.05) is 30.3 Å². The number of urea groups is 1. The number of amides is 3. The van der Waals surface area contributed by atoms with Crippen LogP contribution in [0.4, 0.5) is 16.2 Å². The van der Waals surface area contributed by atoms with Crippen LogP contribution >= 0.6 is 0 Å². The smallest absolute Gasteiger partial charge is 0.321 e. The predicted molar refractivity (Wildman–Crippen MR) is 108 cm³/mol. The van der Waals surface area contributed by atoms with Crippen LogP contribution < -0.4 is 15.5 Å². The van der Waals surface area contributed by atoms with Gasteiger partial charge >= 0.3 is 6.03 Å². The molecule has 2 aromatic carbocycles. The number of hydrogen-bond acceptors (Lipinski definition) is 3. The maximum Gasteiger partial charge on any atom is 0.321 e. The molecule has 1 fully saturated rings. The summed E-state index contributed by atoms with van der Waals surface area (Å²) < 4.78 is 5.83. The van der Waals surface area contributed by atoms with Crippen molar-refractivity contribution in [2.24, 2.45) is 0 Å². The first-order chi connectivity index (χ1) is 13.7. The number of furan rings is 1. The van der Waals surface area contributed by atoms with Crippen molar-refractivity contribution in [3.8, 4) is 11.3 Å². The van der Waals surface area contributed by atoms with E-state index >= 15 is 0 Å². The van der Waals surface area contributed by atoms with Gasteiger partial charge in [0.1, 0.15) is 11.5 Å². The Labute approximate surface area is 163 Å². The zero-order valence-electron chi connectivity index (χ0n) is 15.4. The van der Waals surface area contributed by atoms with Gasteiger partial charge in [0.2, 0.25) is 5.91 Å². The monoisotopic (exact) mass is 375 g/mol. The van der Waals surface area contributed by atoms with Crippen LogP contribution in [-0.2, 0) is 11.2 Å². The van der Waals surface area contributed by atoms with E-state index in [9.17, 15) is 9.59 Å². The number of carbonyl (C=O) groups excluding carboxylic acids is 2. The Morgan fingerprint density at radius 3 is 2.54 bits per heavy atom.